The minimum absolute atomic E-state index is 0.644. The molecule has 2 rings (SSSR count). The molecule has 0 fully saturated rings. The maximum atomic E-state index is 5.67. The molecule has 0 saturated heterocycles. The Morgan fingerprint density at radius 1 is 1.11 bits per heavy atom. The molecule has 0 bridgehead atoms. The van der Waals surface area contributed by atoms with Crippen molar-refractivity contribution in [3.63, 3.8) is 0 Å². The van der Waals surface area contributed by atoms with Crippen molar-refractivity contribution in [1.29, 1.82) is 0 Å². The van der Waals surface area contributed by atoms with E-state index in [4.69, 9.17) is 4.74 Å². The molecule has 0 spiro atoms. The van der Waals surface area contributed by atoms with Crippen LogP contribution in [0.3, 0.4) is 0 Å². The van der Waals surface area contributed by atoms with E-state index in [1.165, 1.54) is 5.56 Å². The molecule has 0 heterocycles. The Kier molecular flexibility index (Phi) is 4.65. The molecule has 0 radical (unpaired) electrons. The van der Waals surface area contributed by atoms with Crippen LogP contribution >= 0.6 is 15.9 Å². The van der Waals surface area contributed by atoms with Crippen LogP contribution in [0.15, 0.2) is 53.0 Å². The molecule has 0 aromatic heterocycles. The fourth-order valence-electron chi connectivity index (χ4n) is 1.66. The van der Waals surface area contributed by atoms with Gasteiger partial charge in [0.05, 0.1) is 0 Å². The molecule has 0 atom stereocenters. The first kappa shape index (κ1) is 13.0. The number of para-hydroxylation sites is 1. The molecular formula is C15H16BrNO. The first-order valence-electron chi connectivity index (χ1n) is 5.93. The average Bonchev–Trinajstić information content (AvgIpc) is 2.37. The quantitative estimate of drug-likeness (QED) is 0.834. The largest absolute Gasteiger partial charge is 0.492 e. The van der Waals surface area contributed by atoms with Gasteiger partial charge in [-0.05, 0) is 52.7 Å². The Balaban J connectivity index is 1.78. The second-order valence-corrected chi connectivity index (χ2v) is 4.93. The van der Waals surface area contributed by atoms with Gasteiger partial charge >= 0.3 is 0 Å². The van der Waals surface area contributed by atoms with E-state index in [0.717, 1.165) is 22.5 Å². The molecule has 0 amide bonds. The molecular weight excluding hydrogens is 290 g/mol. The zero-order valence-electron chi connectivity index (χ0n) is 10.3. The van der Waals surface area contributed by atoms with Crippen molar-refractivity contribution in [2.45, 2.75) is 6.92 Å². The van der Waals surface area contributed by atoms with Gasteiger partial charge in [-0.25, -0.2) is 0 Å². The van der Waals surface area contributed by atoms with Crippen LogP contribution in [0.4, 0.5) is 5.69 Å². The lowest BCUT2D eigenvalue weighted by atomic mass is 10.2. The zero-order valence-corrected chi connectivity index (χ0v) is 11.9. The van der Waals surface area contributed by atoms with E-state index in [-0.39, 0.29) is 0 Å². The number of nitrogens with one attached hydrogen (secondary N) is 1. The molecule has 2 aromatic carbocycles. The first-order valence-corrected chi connectivity index (χ1v) is 6.73. The van der Waals surface area contributed by atoms with Gasteiger partial charge in [0.15, 0.2) is 0 Å². The summed E-state index contributed by atoms with van der Waals surface area (Å²) in [5, 5.41) is 3.33. The van der Waals surface area contributed by atoms with Crippen molar-refractivity contribution >= 4 is 21.6 Å². The van der Waals surface area contributed by atoms with Crippen molar-refractivity contribution in [1.82, 2.24) is 0 Å². The molecule has 3 heteroatoms. The van der Waals surface area contributed by atoms with Crippen LogP contribution in [-0.2, 0) is 0 Å². The molecule has 0 saturated carbocycles. The molecule has 2 nitrogen and oxygen atoms in total. The number of benzene rings is 2. The predicted molar refractivity (Wildman–Crippen MR) is 79.3 cm³/mol. The van der Waals surface area contributed by atoms with Crippen LogP contribution in [0.25, 0.3) is 0 Å². The molecule has 1 N–H and O–H groups in total. The van der Waals surface area contributed by atoms with Gasteiger partial charge in [-0.2, -0.15) is 0 Å². The highest BCUT2D eigenvalue weighted by atomic mass is 79.9. The Labute approximate surface area is 116 Å². The van der Waals surface area contributed by atoms with Crippen LogP contribution in [0.1, 0.15) is 5.56 Å². The third-order valence-corrected chi connectivity index (χ3v) is 3.24. The van der Waals surface area contributed by atoms with Crippen molar-refractivity contribution in [2.75, 3.05) is 18.5 Å². The highest BCUT2D eigenvalue weighted by Crippen LogP contribution is 2.20. The van der Waals surface area contributed by atoms with Crippen LogP contribution in [0.5, 0.6) is 5.75 Å². The molecule has 0 aliphatic heterocycles. The second-order valence-electron chi connectivity index (χ2n) is 4.07. The summed E-state index contributed by atoms with van der Waals surface area (Å²) in [6.45, 7) is 3.48. The number of hydrogen-bond donors (Lipinski definition) is 1. The number of hydrogen-bond acceptors (Lipinski definition) is 2. The number of rotatable bonds is 5. The second kappa shape index (κ2) is 6.45. The van der Waals surface area contributed by atoms with Gasteiger partial charge in [0.25, 0.3) is 0 Å². The van der Waals surface area contributed by atoms with E-state index in [2.05, 4.69) is 34.2 Å². The number of halogens is 1. The summed E-state index contributed by atoms with van der Waals surface area (Å²) >= 11 is 3.50. The predicted octanol–water partition coefficient (Wildman–Crippen LogP) is 4.25. The van der Waals surface area contributed by atoms with Gasteiger partial charge in [0.2, 0.25) is 0 Å². The maximum Gasteiger partial charge on any atom is 0.119 e. The smallest absolute Gasteiger partial charge is 0.119 e. The van der Waals surface area contributed by atoms with Gasteiger partial charge in [-0.1, -0.05) is 24.3 Å². The molecule has 0 aliphatic rings. The van der Waals surface area contributed by atoms with E-state index in [9.17, 15) is 0 Å². The van der Waals surface area contributed by atoms with Crippen LogP contribution < -0.4 is 10.1 Å². The summed E-state index contributed by atoms with van der Waals surface area (Å²) < 4.78 is 6.74. The monoisotopic (exact) mass is 305 g/mol. The lowest BCUT2D eigenvalue weighted by Crippen LogP contribution is -2.11. The standard InChI is InChI=1S/C15H16BrNO/c1-12-5-4-6-13(11-12)18-10-9-17-15-8-3-2-7-14(15)16/h2-8,11,17H,9-10H2,1H3. The van der Waals surface area contributed by atoms with Crippen LogP contribution in [0, 0.1) is 6.92 Å². The Bertz CT molecular complexity index is 513. The minimum atomic E-state index is 0.644. The normalized spacial score (nSPS) is 10.1. The lowest BCUT2D eigenvalue weighted by molar-refractivity contribution is 0.332. The third kappa shape index (κ3) is 3.77. The Morgan fingerprint density at radius 3 is 2.72 bits per heavy atom. The zero-order chi connectivity index (χ0) is 12.8. The van der Waals surface area contributed by atoms with E-state index >= 15 is 0 Å². The van der Waals surface area contributed by atoms with E-state index in [0.29, 0.717) is 6.61 Å². The van der Waals surface area contributed by atoms with Crippen molar-refractivity contribution in [3.8, 4) is 5.75 Å². The van der Waals surface area contributed by atoms with E-state index in [1.54, 1.807) is 0 Å². The summed E-state index contributed by atoms with van der Waals surface area (Å²) in [4.78, 5) is 0. The lowest BCUT2D eigenvalue weighted by Gasteiger charge is -2.10. The van der Waals surface area contributed by atoms with Gasteiger partial charge in [0, 0.05) is 16.7 Å². The number of anilines is 1. The summed E-state index contributed by atoms with van der Waals surface area (Å²) in [7, 11) is 0. The molecule has 18 heavy (non-hydrogen) atoms. The van der Waals surface area contributed by atoms with Gasteiger partial charge in [-0.3, -0.25) is 0 Å². The van der Waals surface area contributed by atoms with E-state index in [1.807, 2.05) is 42.5 Å². The summed E-state index contributed by atoms with van der Waals surface area (Å²) in [5.74, 6) is 0.920. The summed E-state index contributed by atoms with van der Waals surface area (Å²) in [5.41, 5.74) is 2.30. The van der Waals surface area contributed by atoms with Crippen LogP contribution in [0.2, 0.25) is 0 Å². The fourth-order valence-corrected chi connectivity index (χ4v) is 2.09. The fraction of sp³-hybridized carbons (Fsp3) is 0.200. The topological polar surface area (TPSA) is 21.3 Å². The van der Waals surface area contributed by atoms with Gasteiger partial charge < -0.3 is 10.1 Å². The minimum Gasteiger partial charge on any atom is -0.492 e. The highest BCUT2D eigenvalue weighted by molar-refractivity contribution is 9.10. The summed E-state index contributed by atoms with van der Waals surface area (Å²) in [6, 6.07) is 16.1. The Hall–Kier alpha value is -1.48. The maximum absolute atomic E-state index is 5.67. The van der Waals surface area contributed by atoms with Crippen molar-refractivity contribution < 1.29 is 4.74 Å². The van der Waals surface area contributed by atoms with E-state index < -0.39 is 0 Å². The summed E-state index contributed by atoms with van der Waals surface area (Å²) in [6.07, 6.45) is 0. The number of aryl methyl sites for hydroxylation is 1. The molecule has 94 valence electrons. The Morgan fingerprint density at radius 2 is 1.94 bits per heavy atom. The first-order chi connectivity index (χ1) is 8.75. The average molecular weight is 306 g/mol. The molecule has 0 aliphatic carbocycles. The number of ether oxygens (including phenoxy) is 1. The van der Waals surface area contributed by atoms with Crippen LogP contribution in [-0.4, -0.2) is 13.2 Å². The SMILES string of the molecule is Cc1cccc(OCCNc2ccccc2Br)c1. The molecule has 2 aromatic rings. The highest BCUT2D eigenvalue weighted by Gasteiger charge is 1.97. The van der Waals surface area contributed by atoms with Gasteiger partial charge in [0.1, 0.15) is 12.4 Å². The molecule has 0 unspecified atom stereocenters. The third-order valence-electron chi connectivity index (χ3n) is 2.55. The van der Waals surface area contributed by atoms with Crippen molar-refractivity contribution in [3.05, 3.63) is 58.6 Å². The van der Waals surface area contributed by atoms with Crippen molar-refractivity contribution in [2.24, 2.45) is 0 Å². The van der Waals surface area contributed by atoms with Gasteiger partial charge in [-0.15, -0.1) is 0 Å².